The van der Waals surface area contributed by atoms with Crippen molar-refractivity contribution in [1.82, 2.24) is 20.7 Å². The predicted octanol–water partition coefficient (Wildman–Crippen LogP) is 3.52. The maximum Gasteiger partial charge on any atom is 0.243 e. The first-order valence-corrected chi connectivity index (χ1v) is 13.5. The molecular weight excluding hydrogens is 492 g/mol. The van der Waals surface area contributed by atoms with Gasteiger partial charge in [0, 0.05) is 12.6 Å². The molecule has 0 spiro atoms. The lowest BCUT2D eigenvalue weighted by Gasteiger charge is -2.30. The van der Waals surface area contributed by atoms with Gasteiger partial charge in [0.15, 0.2) is 6.23 Å². The van der Waals surface area contributed by atoms with Gasteiger partial charge in [-0.1, -0.05) is 38.1 Å². The predicted molar refractivity (Wildman–Crippen MR) is 140 cm³/mol. The molecule has 4 atom stereocenters. The molecule has 9 nitrogen and oxygen atoms in total. The maximum absolute atomic E-state index is 13.6. The third-order valence-electron chi connectivity index (χ3n) is 6.81. The number of rotatable bonds is 10. The zero-order valence-corrected chi connectivity index (χ0v) is 22.4. The summed E-state index contributed by atoms with van der Waals surface area (Å²) in [5, 5.41) is 3.10. The number of hydroxylamine groups is 1. The molecule has 198 valence electrons. The number of ether oxygens (including phenoxy) is 1. The molecule has 3 heterocycles. The molecule has 2 aliphatic heterocycles. The van der Waals surface area contributed by atoms with Crippen LogP contribution in [0.2, 0.25) is 0 Å². The van der Waals surface area contributed by atoms with E-state index in [-0.39, 0.29) is 30.4 Å². The number of amides is 2. The summed E-state index contributed by atoms with van der Waals surface area (Å²) in [5.41, 5.74) is 7.63. The molecule has 1 unspecified atom stereocenters. The van der Waals surface area contributed by atoms with Gasteiger partial charge in [0.2, 0.25) is 11.8 Å². The number of aryl methyl sites for hydroxylation is 1. The Morgan fingerprint density at radius 1 is 1.30 bits per heavy atom. The lowest BCUT2D eigenvalue weighted by molar-refractivity contribution is -0.143. The van der Waals surface area contributed by atoms with E-state index in [4.69, 9.17) is 9.57 Å². The molecule has 1 saturated heterocycles. The highest BCUT2D eigenvalue weighted by molar-refractivity contribution is 7.13. The van der Waals surface area contributed by atoms with Crippen LogP contribution >= 0.6 is 11.3 Å². The quantitative estimate of drug-likeness (QED) is 0.456. The number of benzene rings is 1. The Kier molecular flexibility index (Phi) is 8.73. The van der Waals surface area contributed by atoms with Gasteiger partial charge in [-0.15, -0.1) is 16.8 Å². The molecule has 0 radical (unpaired) electrons. The fraction of sp³-hybridized carbons (Fsp3) is 0.481. The number of likely N-dealkylation sites (tertiary alicyclic amines) is 1. The summed E-state index contributed by atoms with van der Waals surface area (Å²) in [6.45, 7) is 8.26. The van der Waals surface area contributed by atoms with Gasteiger partial charge in [0.25, 0.3) is 0 Å². The highest BCUT2D eigenvalue weighted by Gasteiger charge is 2.41. The van der Waals surface area contributed by atoms with Gasteiger partial charge in [-0.25, -0.2) is 4.98 Å². The second-order valence-electron chi connectivity index (χ2n) is 9.74. The smallest absolute Gasteiger partial charge is 0.243 e. The van der Waals surface area contributed by atoms with Crippen molar-refractivity contribution in [2.45, 2.75) is 58.8 Å². The summed E-state index contributed by atoms with van der Waals surface area (Å²) in [6.07, 6.45) is 3.11. The number of nitrogens with zero attached hydrogens (tertiary/aromatic N) is 2. The van der Waals surface area contributed by atoms with E-state index >= 15 is 0 Å². The summed E-state index contributed by atoms with van der Waals surface area (Å²) in [6, 6.07) is 7.40. The van der Waals surface area contributed by atoms with Crippen LogP contribution in [0, 0.1) is 18.8 Å². The van der Waals surface area contributed by atoms with Gasteiger partial charge in [-0.3, -0.25) is 9.59 Å². The fourth-order valence-corrected chi connectivity index (χ4v) is 5.66. The largest absolute Gasteiger partial charge is 0.410 e. The SMILES string of the molecule is Cc1ncsc1-c1ccc([C@H](C)NC(=O)[C@@H]2CCCN2C(=O)[C@@H](C2=CC(OCC=O)NO2)C(C)C)cc1. The molecule has 0 bridgehead atoms. The molecule has 10 heteroatoms. The molecule has 1 aromatic heterocycles. The van der Waals surface area contributed by atoms with Crippen LogP contribution in [0.5, 0.6) is 0 Å². The number of hydrogen-bond acceptors (Lipinski definition) is 8. The molecule has 2 N–H and O–H groups in total. The lowest BCUT2D eigenvalue weighted by Crippen LogP contribution is -2.49. The third kappa shape index (κ3) is 6.08. The van der Waals surface area contributed by atoms with Gasteiger partial charge >= 0.3 is 0 Å². The monoisotopic (exact) mass is 526 g/mol. The molecule has 2 aromatic rings. The molecule has 37 heavy (non-hydrogen) atoms. The van der Waals surface area contributed by atoms with Crippen molar-refractivity contribution in [1.29, 1.82) is 0 Å². The van der Waals surface area contributed by atoms with Crippen molar-refractivity contribution in [3.8, 4) is 10.4 Å². The summed E-state index contributed by atoms with van der Waals surface area (Å²) in [7, 11) is 0. The number of aldehydes is 1. The van der Waals surface area contributed by atoms with E-state index in [9.17, 15) is 14.4 Å². The van der Waals surface area contributed by atoms with Crippen LogP contribution in [-0.2, 0) is 24.0 Å². The summed E-state index contributed by atoms with van der Waals surface area (Å²) in [4.78, 5) is 50.2. The van der Waals surface area contributed by atoms with Crippen molar-refractivity contribution in [2.24, 2.45) is 11.8 Å². The van der Waals surface area contributed by atoms with Crippen LogP contribution in [0.1, 0.15) is 50.9 Å². The average Bonchev–Trinajstić information content (AvgIpc) is 3.64. The number of aromatic nitrogens is 1. The summed E-state index contributed by atoms with van der Waals surface area (Å²) in [5.74, 6) is -0.477. The zero-order chi connectivity index (χ0) is 26.5. The van der Waals surface area contributed by atoms with Crippen molar-refractivity contribution >= 4 is 29.4 Å². The van der Waals surface area contributed by atoms with Gasteiger partial charge in [-0.2, -0.15) is 0 Å². The van der Waals surface area contributed by atoms with E-state index in [1.807, 2.05) is 57.5 Å². The second kappa shape index (κ2) is 12.0. The van der Waals surface area contributed by atoms with Crippen molar-refractivity contribution in [3.05, 3.63) is 52.9 Å². The molecule has 2 aliphatic rings. The fourth-order valence-electron chi connectivity index (χ4n) is 4.85. The molecule has 4 rings (SSSR count). The molecule has 1 fully saturated rings. The van der Waals surface area contributed by atoms with Crippen molar-refractivity contribution in [3.63, 3.8) is 0 Å². The van der Waals surface area contributed by atoms with Gasteiger partial charge in [0.05, 0.1) is 22.1 Å². The van der Waals surface area contributed by atoms with Gasteiger partial charge < -0.3 is 24.6 Å². The standard InChI is InChI=1S/C27H34N4O5S/c1-16(2)24(22-14-23(30-36-22)35-13-12-32)27(34)31-11-5-6-21(31)26(33)29-17(3)19-7-9-20(10-8-19)25-18(4)28-15-37-25/h7-10,12,14-17,21,23-24,30H,5-6,11,13H2,1-4H3,(H,29,33)/t17-,21-,23?,24+/m0/s1. The Hall–Kier alpha value is -3.08. The van der Waals surface area contributed by atoms with Crippen LogP contribution in [0.4, 0.5) is 0 Å². The minimum atomic E-state index is -0.598. The lowest BCUT2D eigenvalue weighted by atomic mass is 9.91. The Labute approximate surface area is 221 Å². The normalized spacial score (nSPS) is 20.9. The van der Waals surface area contributed by atoms with Crippen LogP contribution in [0.15, 0.2) is 41.6 Å². The third-order valence-corrected chi connectivity index (χ3v) is 7.78. The zero-order valence-electron chi connectivity index (χ0n) is 21.6. The Morgan fingerprint density at radius 3 is 2.70 bits per heavy atom. The molecule has 0 aliphatic carbocycles. The molecule has 2 amide bonds. The number of hydrogen-bond donors (Lipinski definition) is 2. The molecular formula is C27H34N4O5S. The van der Waals surface area contributed by atoms with E-state index in [0.717, 1.165) is 28.1 Å². The van der Waals surface area contributed by atoms with Crippen LogP contribution < -0.4 is 10.8 Å². The van der Waals surface area contributed by atoms with Gasteiger partial charge in [0.1, 0.15) is 30.6 Å². The van der Waals surface area contributed by atoms with E-state index < -0.39 is 18.2 Å². The number of carbonyl (C=O) groups excluding carboxylic acids is 3. The number of thiazole rings is 1. The topological polar surface area (TPSA) is 110 Å². The Balaban J connectivity index is 1.42. The summed E-state index contributed by atoms with van der Waals surface area (Å²) >= 11 is 1.61. The minimum absolute atomic E-state index is 0.0608. The Bertz CT molecular complexity index is 1150. The average molecular weight is 527 g/mol. The van der Waals surface area contributed by atoms with E-state index in [1.54, 1.807) is 22.3 Å². The van der Waals surface area contributed by atoms with Crippen LogP contribution in [0.3, 0.4) is 0 Å². The van der Waals surface area contributed by atoms with Gasteiger partial charge in [-0.05, 0) is 43.7 Å². The first-order chi connectivity index (χ1) is 17.8. The van der Waals surface area contributed by atoms with Crippen molar-refractivity contribution < 1.29 is 24.0 Å². The van der Waals surface area contributed by atoms with Crippen molar-refractivity contribution in [2.75, 3.05) is 13.2 Å². The minimum Gasteiger partial charge on any atom is -0.410 e. The first-order valence-electron chi connectivity index (χ1n) is 12.6. The van der Waals surface area contributed by atoms with E-state index in [2.05, 4.69) is 15.8 Å². The highest BCUT2D eigenvalue weighted by atomic mass is 32.1. The first kappa shape index (κ1) is 27.0. The highest BCUT2D eigenvalue weighted by Crippen LogP contribution is 2.31. The van der Waals surface area contributed by atoms with Crippen LogP contribution in [-0.4, -0.2) is 53.4 Å². The molecule has 0 saturated carbocycles. The van der Waals surface area contributed by atoms with Crippen LogP contribution in [0.25, 0.3) is 10.4 Å². The second-order valence-corrected chi connectivity index (χ2v) is 10.6. The molecule has 1 aromatic carbocycles. The number of nitrogens with one attached hydrogen (secondary N) is 2. The van der Waals surface area contributed by atoms with E-state index in [0.29, 0.717) is 25.0 Å². The van der Waals surface area contributed by atoms with E-state index in [1.165, 1.54) is 0 Å². The Morgan fingerprint density at radius 2 is 2.05 bits per heavy atom. The summed E-state index contributed by atoms with van der Waals surface area (Å²) < 4.78 is 5.32. The number of carbonyl (C=O) groups is 3. The maximum atomic E-state index is 13.6.